The van der Waals surface area contributed by atoms with E-state index in [9.17, 15) is 0 Å². The van der Waals surface area contributed by atoms with Crippen molar-refractivity contribution in [3.63, 3.8) is 0 Å². The lowest BCUT2D eigenvalue weighted by atomic mass is 9.69. The molecule has 34 heavy (non-hydrogen) atoms. The topological polar surface area (TPSA) is 36.9 Å². The molecule has 4 heteroatoms. The molecule has 0 amide bonds. The Labute approximate surface area is 210 Å². The molecule has 2 saturated heterocycles. The van der Waals surface area contributed by atoms with Gasteiger partial charge in [0.25, 0.3) is 0 Å². The molecule has 0 aromatic heterocycles. The van der Waals surface area contributed by atoms with Crippen LogP contribution in [0.15, 0.2) is 0 Å². The summed E-state index contributed by atoms with van der Waals surface area (Å²) < 4.78 is 23.8. The van der Waals surface area contributed by atoms with Crippen molar-refractivity contribution in [2.75, 3.05) is 52.9 Å². The highest BCUT2D eigenvalue weighted by Gasteiger charge is 2.39. The van der Waals surface area contributed by atoms with Crippen molar-refractivity contribution < 1.29 is 18.9 Å². The first-order valence-electron chi connectivity index (χ1n) is 15.0. The van der Waals surface area contributed by atoms with E-state index in [0.29, 0.717) is 10.8 Å². The highest BCUT2D eigenvalue weighted by Crippen LogP contribution is 2.41. The first-order valence-corrected chi connectivity index (χ1v) is 15.0. The second-order valence-electron chi connectivity index (χ2n) is 12.6. The summed E-state index contributed by atoms with van der Waals surface area (Å²) in [6, 6.07) is 0. The zero-order valence-corrected chi connectivity index (χ0v) is 22.5. The summed E-state index contributed by atoms with van der Waals surface area (Å²) in [5, 5.41) is 0. The van der Waals surface area contributed by atoms with E-state index in [1.165, 1.54) is 89.9 Å². The highest BCUT2D eigenvalue weighted by atomic mass is 16.5. The lowest BCUT2D eigenvalue weighted by molar-refractivity contribution is -0.155. The van der Waals surface area contributed by atoms with Gasteiger partial charge in [0.05, 0.1) is 39.6 Å². The summed E-state index contributed by atoms with van der Waals surface area (Å²) >= 11 is 0. The normalized spacial score (nSPS) is 32.5. The van der Waals surface area contributed by atoms with Gasteiger partial charge in [-0.1, -0.05) is 65.2 Å². The third-order valence-electron chi connectivity index (χ3n) is 10.1. The Kier molecular flexibility index (Phi) is 10.6. The molecule has 0 aromatic rings. The van der Waals surface area contributed by atoms with Crippen LogP contribution in [0.25, 0.3) is 0 Å². The summed E-state index contributed by atoms with van der Waals surface area (Å²) in [6.45, 7) is 11.9. The molecular formula is C30H54O4. The van der Waals surface area contributed by atoms with Crippen molar-refractivity contribution in [2.45, 2.75) is 104 Å². The zero-order chi connectivity index (χ0) is 23.7. The van der Waals surface area contributed by atoms with E-state index in [1.54, 1.807) is 0 Å². The van der Waals surface area contributed by atoms with E-state index in [-0.39, 0.29) is 0 Å². The molecule has 0 bridgehead atoms. The SMILES string of the molecule is CCC1(COCC2CCCC(COCC3(CC)COC3)C(C3CCCCCCC3)CC2)COC1. The molecule has 0 spiro atoms. The molecule has 2 heterocycles. The maximum Gasteiger partial charge on any atom is 0.0566 e. The van der Waals surface area contributed by atoms with Gasteiger partial charge in [-0.15, -0.1) is 0 Å². The summed E-state index contributed by atoms with van der Waals surface area (Å²) in [5.74, 6) is 3.24. The quantitative estimate of drug-likeness (QED) is 0.319. The van der Waals surface area contributed by atoms with Crippen LogP contribution in [0.5, 0.6) is 0 Å². The van der Waals surface area contributed by atoms with Crippen LogP contribution < -0.4 is 0 Å². The van der Waals surface area contributed by atoms with Crippen LogP contribution in [-0.2, 0) is 18.9 Å². The molecule has 2 aliphatic carbocycles. The van der Waals surface area contributed by atoms with Crippen LogP contribution in [-0.4, -0.2) is 52.9 Å². The number of ether oxygens (including phenoxy) is 4. The van der Waals surface area contributed by atoms with Crippen molar-refractivity contribution in [1.82, 2.24) is 0 Å². The number of hydrogen-bond donors (Lipinski definition) is 0. The van der Waals surface area contributed by atoms with Gasteiger partial charge in [0.1, 0.15) is 0 Å². The molecule has 3 unspecified atom stereocenters. The Morgan fingerprint density at radius 2 is 1.21 bits per heavy atom. The Hall–Kier alpha value is -0.160. The van der Waals surface area contributed by atoms with Crippen LogP contribution in [0.1, 0.15) is 104 Å². The predicted molar refractivity (Wildman–Crippen MR) is 138 cm³/mol. The molecule has 2 aliphatic heterocycles. The lowest BCUT2D eigenvalue weighted by Crippen LogP contribution is -2.46. The van der Waals surface area contributed by atoms with Gasteiger partial charge in [0, 0.05) is 24.0 Å². The van der Waals surface area contributed by atoms with Gasteiger partial charge in [-0.25, -0.2) is 0 Å². The van der Waals surface area contributed by atoms with E-state index >= 15 is 0 Å². The van der Waals surface area contributed by atoms with Crippen molar-refractivity contribution >= 4 is 0 Å². The van der Waals surface area contributed by atoms with Crippen molar-refractivity contribution in [1.29, 1.82) is 0 Å². The molecule has 4 aliphatic rings. The van der Waals surface area contributed by atoms with E-state index in [2.05, 4.69) is 13.8 Å². The monoisotopic (exact) mass is 478 g/mol. The van der Waals surface area contributed by atoms with Crippen LogP contribution in [0.3, 0.4) is 0 Å². The van der Waals surface area contributed by atoms with Gasteiger partial charge in [-0.3, -0.25) is 0 Å². The molecule has 0 aromatic carbocycles. The summed E-state index contributed by atoms with van der Waals surface area (Å²) in [6.07, 6.45) is 19.2. The Morgan fingerprint density at radius 1 is 0.618 bits per heavy atom. The van der Waals surface area contributed by atoms with Crippen molar-refractivity contribution in [3.05, 3.63) is 0 Å². The summed E-state index contributed by atoms with van der Waals surface area (Å²) in [7, 11) is 0. The lowest BCUT2D eigenvalue weighted by Gasteiger charge is -2.42. The maximum absolute atomic E-state index is 6.49. The molecule has 3 atom stereocenters. The maximum atomic E-state index is 6.49. The summed E-state index contributed by atoms with van der Waals surface area (Å²) in [5.41, 5.74) is 0.619. The van der Waals surface area contributed by atoms with E-state index < -0.39 is 0 Å². The minimum Gasteiger partial charge on any atom is -0.380 e. The first-order chi connectivity index (χ1) is 16.7. The summed E-state index contributed by atoms with van der Waals surface area (Å²) in [4.78, 5) is 0. The average Bonchev–Trinajstić information content (AvgIpc) is 2.75. The molecular weight excluding hydrogens is 424 g/mol. The van der Waals surface area contributed by atoms with Gasteiger partial charge in [-0.05, 0) is 62.2 Å². The fourth-order valence-corrected chi connectivity index (χ4v) is 7.03. The molecule has 198 valence electrons. The minimum absolute atomic E-state index is 0.307. The second-order valence-corrected chi connectivity index (χ2v) is 12.6. The molecule has 4 rings (SSSR count). The van der Waals surface area contributed by atoms with Crippen molar-refractivity contribution in [2.24, 2.45) is 34.5 Å². The first kappa shape index (κ1) is 26.9. The van der Waals surface area contributed by atoms with E-state index in [0.717, 1.165) is 76.5 Å². The van der Waals surface area contributed by atoms with Crippen molar-refractivity contribution in [3.8, 4) is 0 Å². The second kappa shape index (κ2) is 13.4. The Morgan fingerprint density at radius 3 is 1.76 bits per heavy atom. The van der Waals surface area contributed by atoms with E-state index in [1.807, 2.05) is 0 Å². The van der Waals surface area contributed by atoms with Gasteiger partial charge in [0.2, 0.25) is 0 Å². The predicted octanol–water partition coefficient (Wildman–Crippen LogP) is 7.05. The largest absolute Gasteiger partial charge is 0.380 e. The third-order valence-corrected chi connectivity index (χ3v) is 10.1. The van der Waals surface area contributed by atoms with Crippen LogP contribution in [0, 0.1) is 34.5 Å². The molecule has 0 N–H and O–H groups in total. The highest BCUT2D eigenvalue weighted by molar-refractivity contribution is 4.86. The average molecular weight is 479 g/mol. The molecule has 4 nitrogen and oxygen atoms in total. The Bertz CT molecular complexity index is 551. The van der Waals surface area contributed by atoms with E-state index in [4.69, 9.17) is 18.9 Å². The third kappa shape index (κ3) is 7.20. The number of hydrogen-bond acceptors (Lipinski definition) is 4. The Balaban J connectivity index is 1.30. The zero-order valence-electron chi connectivity index (χ0n) is 22.5. The van der Waals surface area contributed by atoms with Crippen LogP contribution >= 0.6 is 0 Å². The van der Waals surface area contributed by atoms with Gasteiger partial charge >= 0.3 is 0 Å². The molecule has 4 fully saturated rings. The van der Waals surface area contributed by atoms with Crippen LogP contribution in [0.4, 0.5) is 0 Å². The molecule has 2 saturated carbocycles. The minimum atomic E-state index is 0.307. The fourth-order valence-electron chi connectivity index (χ4n) is 7.03. The fraction of sp³-hybridized carbons (Fsp3) is 1.00. The van der Waals surface area contributed by atoms with Gasteiger partial charge in [0.15, 0.2) is 0 Å². The van der Waals surface area contributed by atoms with Gasteiger partial charge in [-0.2, -0.15) is 0 Å². The smallest absolute Gasteiger partial charge is 0.0566 e. The number of rotatable bonds is 11. The van der Waals surface area contributed by atoms with Crippen LogP contribution in [0.2, 0.25) is 0 Å². The molecule has 0 radical (unpaired) electrons. The standard InChI is InChI=1S/C30H54O4/c1-3-29(21-33-22-29)19-31-17-25-11-10-14-27(18-32-20-30(4-2)23-34-24-30)28(16-15-25)26-12-8-6-5-7-9-13-26/h25-28H,3-24H2,1-2H3. The van der Waals surface area contributed by atoms with Gasteiger partial charge < -0.3 is 18.9 Å².